The fraction of sp³-hybridized carbons (Fsp3) is 0.364. The van der Waals surface area contributed by atoms with Crippen LogP contribution in [0.1, 0.15) is 23.9 Å². The highest BCUT2D eigenvalue weighted by Crippen LogP contribution is 2.22. The van der Waals surface area contributed by atoms with Gasteiger partial charge in [0, 0.05) is 19.2 Å². The van der Waals surface area contributed by atoms with E-state index in [0.717, 1.165) is 19.5 Å². The molecule has 1 aliphatic rings. The standard InChI is InChI=1S/C11H13NO3/c1-8-4-6-12(7-5-8)10-3-2-9(15-10)11(13)14/h2-4H,5-7H2,1H3,(H,13,14). The van der Waals surface area contributed by atoms with E-state index in [1.165, 1.54) is 11.6 Å². The molecular weight excluding hydrogens is 194 g/mol. The maximum absolute atomic E-state index is 10.6. The van der Waals surface area contributed by atoms with E-state index in [4.69, 9.17) is 9.52 Å². The Morgan fingerprint density at radius 2 is 2.33 bits per heavy atom. The molecule has 0 unspecified atom stereocenters. The second kappa shape index (κ2) is 3.81. The summed E-state index contributed by atoms with van der Waals surface area (Å²) in [6.07, 6.45) is 3.13. The molecule has 80 valence electrons. The monoisotopic (exact) mass is 207 g/mol. The van der Waals surface area contributed by atoms with Crippen LogP contribution >= 0.6 is 0 Å². The van der Waals surface area contributed by atoms with Crippen molar-refractivity contribution >= 4 is 11.9 Å². The van der Waals surface area contributed by atoms with Crippen molar-refractivity contribution in [2.45, 2.75) is 13.3 Å². The van der Waals surface area contributed by atoms with Crippen molar-refractivity contribution in [3.05, 3.63) is 29.5 Å². The summed E-state index contributed by atoms with van der Waals surface area (Å²) in [5, 5.41) is 8.71. The summed E-state index contributed by atoms with van der Waals surface area (Å²) in [5.41, 5.74) is 1.37. The number of carboxylic acid groups (broad SMARTS) is 1. The highest BCUT2D eigenvalue weighted by molar-refractivity contribution is 5.84. The molecule has 0 atom stereocenters. The number of nitrogens with zero attached hydrogens (tertiary/aromatic N) is 1. The van der Waals surface area contributed by atoms with Gasteiger partial charge in [-0.15, -0.1) is 0 Å². The van der Waals surface area contributed by atoms with Crippen LogP contribution in [-0.2, 0) is 0 Å². The van der Waals surface area contributed by atoms with E-state index in [-0.39, 0.29) is 5.76 Å². The first kappa shape index (κ1) is 9.83. The number of hydrogen-bond donors (Lipinski definition) is 1. The molecule has 4 nitrogen and oxygen atoms in total. The number of carboxylic acids is 1. The highest BCUT2D eigenvalue weighted by atomic mass is 16.4. The van der Waals surface area contributed by atoms with Crippen molar-refractivity contribution in [1.29, 1.82) is 0 Å². The van der Waals surface area contributed by atoms with E-state index in [2.05, 4.69) is 13.0 Å². The fourth-order valence-corrected chi connectivity index (χ4v) is 1.58. The first-order valence-electron chi connectivity index (χ1n) is 4.90. The van der Waals surface area contributed by atoms with Crippen LogP contribution < -0.4 is 4.90 Å². The zero-order valence-electron chi connectivity index (χ0n) is 8.56. The van der Waals surface area contributed by atoms with Gasteiger partial charge in [-0.1, -0.05) is 11.6 Å². The molecule has 0 aliphatic carbocycles. The van der Waals surface area contributed by atoms with Crippen molar-refractivity contribution in [1.82, 2.24) is 0 Å². The zero-order chi connectivity index (χ0) is 10.8. The Hall–Kier alpha value is -1.71. The van der Waals surface area contributed by atoms with Crippen molar-refractivity contribution in [2.75, 3.05) is 18.0 Å². The lowest BCUT2D eigenvalue weighted by Gasteiger charge is -2.24. The van der Waals surface area contributed by atoms with Crippen LogP contribution in [0, 0.1) is 0 Å². The molecule has 2 rings (SSSR count). The van der Waals surface area contributed by atoms with E-state index in [1.54, 1.807) is 6.07 Å². The average molecular weight is 207 g/mol. The molecule has 0 amide bonds. The van der Waals surface area contributed by atoms with Crippen LogP contribution in [0.25, 0.3) is 0 Å². The van der Waals surface area contributed by atoms with Gasteiger partial charge in [0.2, 0.25) is 5.76 Å². The lowest BCUT2D eigenvalue weighted by Crippen LogP contribution is -2.27. The van der Waals surface area contributed by atoms with E-state index in [1.807, 2.05) is 4.90 Å². The third kappa shape index (κ3) is 2.03. The number of carbonyl (C=O) groups is 1. The number of rotatable bonds is 2. The predicted octanol–water partition coefficient (Wildman–Crippen LogP) is 2.13. The van der Waals surface area contributed by atoms with Gasteiger partial charge >= 0.3 is 5.97 Å². The average Bonchev–Trinajstić information content (AvgIpc) is 2.68. The summed E-state index contributed by atoms with van der Waals surface area (Å²) < 4.78 is 5.22. The Morgan fingerprint density at radius 1 is 1.53 bits per heavy atom. The van der Waals surface area contributed by atoms with Crippen molar-refractivity contribution < 1.29 is 14.3 Å². The number of furan rings is 1. The molecule has 1 N–H and O–H groups in total. The molecule has 4 heteroatoms. The van der Waals surface area contributed by atoms with E-state index in [0.29, 0.717) is 5.88 Å². The first-order chi connectivity index (χ1) is 7.16. The molecule has 0 saturated carbocycles. The maximum Gasteiger partial charge on any atom is 0.371 e. The molecule has 0 bridgehead atoms. The van der Waals surface area contributed by atoms with Crippen LogP contribution in [0.3, 0.4) is 0 Å². The summed E-state index contributed by atoms with van der Waals surface area (Å²) in [6.45, 7) is 3.77. The Labute approximate surface area is 87.8 Å². The molecule has 1 aromatic heterocycles. The topological polar surface area (TPSA) is 53.7 Å². The molecule has 1 aliphatic heterocycles. The van der Waals surface area contributed by atoms with E-state index in [9.17, 15) is 4.79 Å². The summed E-state index contributed by atoms with van der Waals surface area (Å²) in [5.74, 6) is -0.391. The van der Waals surface area contributed by atoms with Crippen LogP contribution in [0.5, 0.6) is 0 Å². The van der Waals surface area contributed by atoms with Crippen LogP contribution in [0.15, 0.2) is 28.2 Å². The van der Waals surface area contributed by atoms with Crippen molar-refractivity contribution in [2.24, 2.45) is 0 Å². The Balaban J connectivity index is 2.13. The van der Waals surface area contributed by atoms with Crippen LogP contribution in [0.2, 0.25) is 0 Å². The normalized spacial score (nSPS) is 16.3. The molecule has 0 spiro atoms. The Kier molecular flexibility index (Phi) is 2.49. The number of aromatic carboxylic acids is 1. The molecular formula is C11H13NO3. The third-order valence-electron chi connectivity index (χ3n) is 2.55. The maximum atomic E-state index is 10.6. The Bertz CT molecular complexity index is 406. The van der Waals surface area contributed by atoms with E-state index < -0.39 is 5.97 Å². The lowest BCUT2D eigenvalue weighted by atomic mass is 10.1. The van der Waals surface area contributed by atoms with Crippen molar-refractivity contribution in [3.63, 3.8) is 0 Å². The van der Waals surface area contributed by atoms with E-state index >= 15 is 0 Å². The smallest absolute Gasteiger partial charge is 0.371 e. The van der Waals surface area contributed by atoms with Crippen LogP contribution in [0.4, 0.5) is 5.88 Å². The quantitative estimate of drug-likeness (QED) is 0.755. The molecule has 1 aromatic rings. The molecule has 15 heavy (non-hydrogen) atoms. The second-order valence-electron chi connectivity index (χ2n) is 3.69. The van der Waals surface area contributed by atoms with Gasteiger partial charge in [0.05, 0.1) is 0 Å². The minimum Gasteiger partial charge on any atom is -0.475 e. The van der Waals surface area contributed by atoms with Gasteiger partial charge in [-0.3, -0.25) is 0 Å². The summed E-state index contributed by atoms with van der Waals surface area (Å²) >= 11 is 0. The third-order valence-corrected chi connectivity index (χ3v) is 2.55. The molecule has 0 fully saturated rings. The van der Waals surface area contributed by atoms with Gasteiger partial charge in [0.15, 0.2) is 5.88 Å². The van der Waals surface area contributed by atoms with Gasteiger partial charge < -0.3 is 14.4 Å². The van der Waals surface area contributed by atoms with Gasteiger partial charge in [-0.05, 0) is 19.4 Å². The van der Waals surface area contributed by atoms with Gasteiger partial charge in [-0.25, -0.2) is 4.79 Å². The molecule has 0 saturated heterocycles. The minimum atomic E-state index is -1.02. The van der Waals surface area contributed by atoms with Crippen molar-refractivity contribution in [3.8, 4) is 0 Å². The lowest BCUT2D eigenvalue weighted by molar-refractivity contribution is 0.0663. The summed E-state index contributed by atoms with van der Waals surface area (Å²) in [7, 11) is 0. The SMILES string of the molecule is CC1=CCN(c2ccc(C(=O)O)o2)CC1. The fourth-order valence-electron chi connectivity index (χ4n) is 1.58. The zero-order valence-corrected chi connectivity index (χ0v) is 8.56. The minimum absolute atomic E-state index is 0.00345. The van der Waals surface area contributed by atoms with Crippen LogP contribution in [-0.4, -0.2) is 24.2 Å². The Morgan fingerprint density at radius 3 is 2.87 bits per heavy atom. The first-order valence-corrected chi connectivity index (χ1v) is 4.90. The number of anilines is 1. The largest absolute Gasteiger partial charge is 0.475 e. The predicted molar refractivity (Wildman–Crippen MR) is 56.3 cm³/mol. The molecule has 0 aromatic carbocycles. The van der Waals surface area contributed by atoms with Gasteiger partial charge in [-0.2, -0.15) is 0 Å². The molecule has 0 radical (unpaired) electrons. The summed E-state index contributed by atoms with van der Waals surface area (Å²) in [4.78, 5) is 12.7. The van der Waals surface area contributed by atoms with Gasteiger partial charge in [0.25, 0.3) is 0 Å². The highest BCUT2D eigenvalue weighted by Gasteiger charge is 2.15. The van der Waals surface area contributed by atoms with Gasteiger partial charge in [0.1, 0.15) is 0 Å². The number of hydrogen-bond acceptors (Lipinski definition) is 3. The summed E-state index contributed by atoms with van der Waals surface area (Å²) in [6, 6.07) is 3.20. The molecule has 2 heterocycles. The second-order valence-corrected chi connectivity index (χ2v) is 3.69.